The van der Waals surface area contributed by atoms with E-state index in [0.29, 0.717) is 10.0 Å². The second-order valence-corrected chi connectivity index (χ2v) is 2.99. The minimum absolute atomic E-state index is 0.676. The fourth-order valence-corrected chi connectivity index (χ4v) is 1.08. The Morgan fingerprint density at radius 3 is 2.40 bits per heavy atom. The van der Waals surface area contributed by atoms with E-state index in [2.05, 4.69) is 6.07 Å². The molecule has 0 saturated heterocycles. The topological polar surface area (TPSA) is 0 Å². The molecular weight excluding hydrogens is 167 g/mol. The van der Waals surface area contributed by atoms with Crippen LogP contribution in [0.2, 0.25) is 10.0 Å². The molecule has 0 amide bonds. The summed E-state index contributed by atoms with van der Waals surface area (Å²) < 4.78 is 0. The van der Waals surface area contributed by atoms with E-state index in [0.717, 1.165) is 11.1 Å². The minimum Gasteiger partial charge on any atom is -0.0840 e. The Morgan fingerprint density at radius 1 is 1.30 bits per heavy atom. The summed E-state index contributed by atoms with van der Waals surface area (Å²) in [7, 11) is 0. The Balaban J connectivity index is 3.34. The molecular formula is C8H7Cl2. The molecule has 0 atom stereocenters. The quantitative estimate of drug-likeness (QED) is 0.565. The summed E-state index contributed by atoms with van der Waals surface area (Å²) in [4.78, 5) is 0. The summed E-state index contributed by atoms with van der Waals surface area (Å²) >= 11 is 11.6. The summed E-state index contributed by atoms with van der Waals surface area (Å²) in [6.45, 7) is 3.80. The number of halogens is 2. The van der Waals surface area contributed by atoms with Crippen LogP contribution in [-0.4, -0.2) is 0 Å². The average Bonchev–Trinajstić information content (AvgIpc) is 1.93. The van der Waals surface area contributed by atoms with Gasteiger partial charge in [0.25, 0.3) is 0 Å². The molecule has 0 aliphatic heterocycles. The van der Waals surface area contributed by atoms with Crippen molar-refractivity contribution >= 4 is 23.2 Å². The Morgan fingerprint density at radius 2 is 1.90 bits per heavy atom. The molecule has 2 heteroatoms. The van der Waals surface area contributed by atoms with Crippen LogP contribution in [0.25, 0.3) is 0 Å². The van der Waals surface area contributed by atoms with E-state index < -0.39 is 0 Å². The fraction of sp³-hybridized carbons (Fsp3) is 0.250. The second-order valence-electron chi connectivity index (χ2n) is 2.20. The van der Waals surface area contributed by atoms with Crippen molar-refractivity contribution in [1.29, 1.82) is 0 Å². The van der Waals surface area contributed by atoms with Gasteiger partial charge in [0.1, 0.15) is 0 Å². The molecule has 0 bridgehead atoms. The Bertz CT molecular complexity index is 227. The molecule has 0 aromatic heterocycles. The van der Waals surface area contributed by atoms with Crippen LogP contribution >= 0.6 is 23.2 Å². The summed E-state index contributed by atoms with van der Waals surface area (Å²) in [6, 6.07) is 4.68. The van der Waals surface area contributed by atoms with Crippen molar-refractivity contribution in [3.8, 4) is 0 Å². The molecule has 0 fully saturated rings. The van der Waals surface area contributed by atoms with E-state index in [1.807, 2.05) is 13.8 Å². The van der Waals surface area contributed by atoms with Crippen molar-refractivity contribution < 1.29 is 0 Å². The van der Waals surface area contributed by atoms with E-state index in [-0.39, 0.29) is 0 Å². The van der Waals surface area contributed by atoms with Crippen molar-refractivity contribution in [2.45, 2.75) is 13.8 Å². The lowest BCUT2D eigenvalue weighted by molar-refractivity contribution is 1.38. The van der Waals surface area contributed by atoms with Crippen molar-refractivity contribution in [3.05, 3.63) is 33.3 Å². The molecule has 1 aromatic rings. The van der Waals surface area contributed by atoms with Crippen molar-refractivity contribution in [3.63, 3.8) is 0 Å². The van der Waals surface area contributed by atoms with Gasteiger partial charge in [-0.3, -0.25) is 0 Å². The maximum atomic E-state index is 5.87. The summed E-state index contributed by atoms with van der Waals surface area (Å²) in [5.74, 6) is 0. The Hall–Kier alpha value is -0.200. The van der Waals surface area contributed by atoms with Crippen LogP contribution in [0.15, 0.2) is 6.07 Å². The zero-order valence-corrected chi connectivity index (χ0v) is 7.35. The van der Waals surface area contributed by atoms with Gasteiger partial charge < -0.3 is 0 Å². The Kier molecular flexibility index (Phi) is 2.22. The number of hydrogen-bond acceptors (Lipinski definition) is 0. The van der Waals surface area contributed by atoms with Gasteiger partial charge in [-0.15, -0.1) is 0 Å². The van der Waals surface area contributed by atoms with Gasteiger partial charge in [0.15, 0.2) is 0 Å². The lowest BCUT2D eigenvalue weighted by Gasteiger charge is -2.01. The first kappa shape index (κ1) is 7.90. The van der Waals surface area contributed by atoms with Gasteiger partial charge >= 0.3 is 0 Å². The van der Waals surface area contributed by atoms with E-state index in [9.17, 15) is 0 Å². The lowest BCUT2D eigenvalue weighted by Crippen LogP contribution is -1.81. The molecule has 0 nitrogen and oxygen atoms in total. The minimum atomic E-state index is 0.676. The highest BCUT2D eigenvalue weighted by atomic mass is 35.5. The van der Waals surface area contributed by atoms with Crippen LogP contribution in [0, 0.1) is 19.9 Å². The fourth-order valence-electron chi connectivity index (χ4n) is 0.729. The molecule has 0 saturated carbocycles. The van der Waals surface area contributed by atoms with Crippen LogP contribution in [0.5, 0.6) is 0 Å². The van der Waals surface area contributed by atoms with E-state index in [4.69, 9.17) is 23.2 Å². The van der Waals surface area contributed by atoms with Gasteiger partial charge in [-0.25, -0.2) is 0 Å². The zero-order valence-electron chi connectivity index (χ0n) is 5.83. The Labute approximate surface area is 70.8 Å². The highest BCUT2D eigenvalue weighted by Gasteiger charge is 2.01. The van der Waals surface area contributed by atoms with Crippen molar-refractivity contribution in [2.24, 2.45) is 0 Å². The maximum Gasteiger partial charge on any atom is 0.0485 e. The van der Waals surface area contributed by atoms with Gasteiger partial charge in [-0.05, 0) is 37.1 Å². The van der Waals surface area contributed by atoms with Crippen LogP contribution in [-0.2, 0) is 0 Å². The normalized spacial score (nSPS) is 10.0. The summed E-state index contributed by atoms with van der Waals surface area (Å²) in [6.07, 6.45) is 0. The largest absolute Gasteiger partial charge is 0.0840 e. The van der Waals surface area contributed by atoms with Gasteiger partial charge in [0, 0.05) is 10.0 Å². The molecule has 1 aromatic carbocycles. The van der Waals surface area contributed by atoms with E-state index >= 15 is 0 Å². The third kappa shape index (κ3) is 1.28. The standard InChI is InChI=1S/C8H7Cl2/c1-5-3-4-7(9)6(2)8(5)10/h4H,1-2H3. The first-order valence-corrected chi connectivity index (χ1v) is 3.71. The van der Waals surface area contributed by atoms with Gasteiger partial charge in [-0.2, -0.15) is 0 Å². The maximum absolute atomic E-state index is 5.87. The second kappa shape index (κ2) is 2.81. The third-order valence-electron chi connectivity index (χ3n) is 1.43. The van der Waals surface area contributed by atoms with Crippen LogP contribution < -0.4 is 0 Å². The molecule has 0 unspecified atom stereocenters. The molecule has 1 rings (SSSR count). The van der Waals surface area contributed by atoms with E-state index in [1.54, 1.807) is 6.07 Å². The van der Waals surface area contributed by atoms with Crippen LogP contribution in [0.4, 0.5) is 0 Å². The predicted octanol–water partition coefficient (Wildman–Crippen LogP) is 3.41. The predicted molar refractivity (Wildman–Crippen MR) is 44.8 cm³/mol. The molecule has 0 aliphatic carbocycles. The average molecular weight is 174 g/mol. The molecule has 10 heavy (non-hydrogen) atoms. The highest BCUT2D eigenvalue weighted by Crippen LogP contribution is 2.25. The number of aryl methyl sites for hydroxylation is 1. The first-order valence-electron chi connectivity index (χ1n) is 2.96. The third-order valence-corrected chi connectivity index (χ3v) is 2.39. The van der Waals surface area contributed by atoms with Gasteiger partial charge in [0.2, 0.25) is 0 Å². The molecule has 1 radical (unpaired) electrons. The molecule has 53 valence electrons. The number of rotatable bonds is 0. The molecule has 0 spiro atoms. The zero-order chi connectivity index (χ0) is 7.72. The van der Waals surface area contributed by atoms with E-state index in [1.165, 1.54) is 0 Å². The van der Waals surface area contributed by atoms with Gasteiger partial charge in [0.05, 0.1) is 0 Å². The van der Waals surface area contributed by atoms with Gasteiger partial charge in [-0.1, -0.05) is 23.2 Å². The first-order chi connectivity index (χ1) is 4.63. The van der Waals surface area contributed by atoms with Crippen molar-refractivity contribution in [2.75, 3.05) is 0 Å². The molecule has 0 aliphatic rings. The molecule has 0 N–H and O–H groups in total. The van der Waals surface area contributed by atoms with Crippen LogP contribution in [0.1, 0.15) is 11.1 Å². The molecule has 0 heterocycles. The number of benzene rings is 1. The highest BCUT2D eigenvalue weighted by molar-refractivity contribution is 6.36. The summed E-state index contributed by atoms with van der Waals surface area (Å²) in [5, 5.41) is 1.39. The SMILES string of the molecule is Cc1[c]cc(Cl)c(C)c1Cl. The monoisotopic (exact) mass is 173 g/mol. The summed E-state index contributed by atoms with van der Waals surface area (Å²) in [5.41, 5.74) is 1.88. The van der Waals surface area contributed by atoms with Crippen LogP contribution in [0.3, 0.4) is 0 Å². The number of hydrogen-bond donors (Lipinski definition) is 0. The van der Waals surface area contributed by atoms with Crippen molar-refractivity contribution in [1.82, 2.24) is 0 Å². The lowest BCUT2D eigenvalue weighted by atomic mass is 10.2. The smallest absolute Gasteiger partial charge is 0.0485 e.